The Morgan fingerprint density at radius 3 is 2.77 bits per heavy atom. The van der Waals surface area contributed by atoms with Gasteiger partial charge in [-0.05, 0) is 19.9 Å². The van der Waals surface area contributed by atoms with E-state index in [0.717, 1.165) is 17.1 Å². The van der Waals surface area contributed by atoms with Crippen molar-refractivity contribution in [1.82, 2.24) is 0 Å². The quantitative estimate of drug-likeness (QED) is 0.458. The van der Waals surface area contributed by atoms with Crippen LogP contribution in [0.2, 0.25) is 0 Å². The topological polar surface area (TPSA) is 77.1 Å². The molecule has 0 radical (unpaired) electrons. The summed E-state index contributed by atoms with van der Waals surface area (Å²) in [7, 11) is 0. The van der Waals surface area contributed by atoms with Crippen LogP contribution in [0.15, 0.2) is 12.1 Å². The van der Waals surface area contributed by atoms with Crippen LogP contribution in [0.4, 0.5) is 17.1 Å². The first-order valence-corrected chi connectivity index (χ1v) is 9.01. The molecule has 0 aliphatic carbocycles. The van der Waals surface area contributed by atoms with E-state index < -0.39 is 21.5 Å². The van der Waals surface area contributed by atoms with Crippen LogP contribution in [-0.2, 0) is 7.81 Å². The van der Waals surface area contributed by atoms with Gasteiger partial charge in [-0.25, -0.2) is 3.07 Å². The molecule has 8 heteroatoms. The Kier molecular flexibility index (Phi) is 4.42. The lowest BCUT2D eigenvalue weighted by atomic mass is 10.0. The number of rotatable bonds is 3. The maximum Gasteiger partial charge on any atom is 0.262 e. The Hall–Kier alpha value is -1.13. The van der Waals surface area contributed by atoms with Crippen molar-refractivity contribution < 1.29 is 12.5 Å². The summed E-state index contributed by atoms with van der Waals surface area (Å²) in [4.78, 5) is 2.08. The molecule has 122 valence electrons. The Balaban J connectivity index is 2.02. The molecule has 0 bridgehead atoms. The maximum absolute atomic E-state index is 12.1. The second-order valence-electron chi connectivity index (χ2n) is 6.05. The van der Waals surface area contributed by atoms with E-state index in [0.29, 0.717) is 41.9 Å². The first-order chi connectivity index (χ1) is 10.5. The average molecular weight is 420 g/mol. The number of halogens is 1. The second kappa shape index (κ2) is 6.17. The highest BCUT2D eigenvalue weighted by atomic mass is 127. The number of fused-ring (bicyclic) bond motifs is 1. The largest absolute Gasteiger partial charge is 0.747 e. The number of anilines is 3. The molecule has 0 unspecified atom stereocenters. The summed E-state index contributed by atoms with van der Waals surface area (Å²) in [5, 5.41) is 15.4. The van der Waals surface area contributed by atoms with Crippen molar-refractivity contribution in [3.05, 3.63) is 17.3 Å². The highest BCUT2D eigenvalue weighted by molar-refractivity contribution is 14.1. The van der Waals surface area contributed by atoms with E-state index in [2.05, 4.69) is 10.2 Å². The summed E-state index contributed by atoms with van der Waals surface area (Å²) >= 11 is -1.81. The highest BCUT2D eigenvalue weighted by Gasteiger charge is 2.28. The Morgan fingerprint density at radius 1 is 1.36 bits per heavy atom. The van der Waals surface area contributed by atoms with E-state index in [4.69, 9.17) is 9.47 Å². The van der Waals surface area contributed by atoms with Crippen molar-refractivity contribution in [2.45, 2.75) is 19.4 Å². The van der Waals surface area contributed by atoms with Crippen LogP contribution in [0.25, 0.3) is 0 Å². The molecule has 0 saturated carbocycles. The predicted octanol–water partition coefficient (Wildman–Crippen LogP) is 2.64. The molecule has 0 atom stereocenters. The minimum atomic E-state index is -1.81. The van der Waals surface area contributed by atoms with Crippen LogP contribution in [-0.4, -0.2) is 38.4 Å². The highest BCUT2D eigenvalue weighted by Crippen LogP contribution is 2.43. The minimum absolute atomic E-state index is 0.203. The second-order valence-corrected chi connectivity index (χ2v) is 7.32. The van der Waals surface area contributed by atoms with Gasteiger partial charge in [0.25, 0.3) is 21.5 Å². The number of hydrogen-bond donors (Lipinski definition) is 1. The van der Waals surface area contributed by atoms with Crippen LogP contribution in [0, 0.1) is 5.21 Å². The fourth-order valence-electron chi connectivity index (χ4n) is 2.67. The summed E-state index contributed by atoms with van der Waals surface area (Å²) in [6.45, 7) is 7.26. The third-order valence-electron chi connectivity index (χ3n) is 3.74. The molecule has 1 aromatic carbocycles. The van der Waals surface area contributed by atoms with E-state index in [1.807, 2.05) is 19.9 Å². The summed E-state index contributed by atoms with van der Waals surface area (Å²) in [6, 6.07) is 3.61. The molecule has 7 nitrogen and oxygen atoms in total. The molecular formula is C14H19IN3O4-. The van der Waals surface area contributed by atoms with Gasteiger partial charge in [-0.15, -0.1) is 0 Å². The molecule has 2 aliphatic heterocycles. The smallest absolute Gasteiger partial charge is 0.262 e. The van der Waals surface area contributed by atoms with Crippen molar-refractivity contribution in [2.75, 3.05) is 46.4 Å². The number of morpholine rings is 1. The Labute approximate surface area is 140 Å². The lowest BCUT2D eigenvalue weighted by Crippen LogP contribution is -2.41. The minimum Gasteiger partial charge on any atom is -0.747 e. The van der Waals surface area contributed by atoms with Crippen molar-refractivity contribution in [2.24, 2.45) is 0 Å². The first kappa shape index (κ1) is 15.8. The summed E-state index contributed by atoms with van der Waals surface area (Å²) in [6.07, 6.45) is 0. The van der Waals surface area contributed by atoms with Crippen LogP contribution >= 0.6 is 21.5 Å². The maximum atomic E-state index is 12.1. The van der Waals surface area contributed by atoms with Crippen molar-refractivity contribution in [3.63, 3.8) is 0 Å². The average Bonchev–Trinajstić information content (AvgIpc) is 2.53. The molecule has 0 amide bonds. The van der Waals surface area contributed by atoms with Gasteiger partial charge in [0.05, 0.1) is 35.8 Å². The third kappa shape index (κ3) is 3.13. The van der Waals surface area contributed by atoms with Gasteiger partial charge in [-0.2, -0.15) is 0 Å². The molecule has 1 aromatic rings. The van der Waals surface area contributed by atoms with Crippen LogP contribution in [0.5, 0.6) is 5.75 Å². The number of nitrogens with zero attached hydrogens (tertiary/aromatic N) is 2. The molecule has 0 spiro atoms. The SMILES string of the molecule is CC1(C)COc2cc(N3CCOCC3)c(N([O-])I=O)cc2N1. The Bertz CT molecular complexity index is 575. The monoisotopic (exact) mass is 420 g/mol. The van der Waals surface area contributed by atoms with Gasteiger partial charge in [0.15, 0.2) is 0 Å². The van der Waals surface area contributed by atoms with E-state index in [1.54, 1.807) is 6.07 Å². The molecule has 3 rings (SSSR count). The van der Waals surface area contributed by atoms with Crippen LogP contribution in [0.1, 0.15) is 13.8 Å². The van der Waals surface area contributed by atoms with Gasteiger partial charge in [-0.1, -0.05) is 0 Å². The summed E-state index contributed by atoms with van der Waals surface area (Å²) in [5.41, 5.74) is 1.75. The number of ether oxygens (including phenoxy) is 2. The molecular weight excluding hydrogens is 401 g/mol. The zero-order valence-electron chi connectivity index (χ0n) is 12.6. The zero-order chi connectivity index (χ0) is 15.7. The molecule has 1 N–H and O–H groups in total. The molecule has 0 aromatic heterocycles. The fraction of sp³-hybridized carbons (Fsp3) is 0.571. The normalized spacial score (nSPS) is 19.9. The van der Waals surface area contributed by atoms with Crippen LogP contribution < -0.4 is 18.2 Å². The van der Waals surface area contributed by atoms with Crippen LogP contribution in [0.3, 0.4) is 0 Å². The lowest BCUT2D eigenvalue weighted by molar-refractivity contribution is 0.122. The van der Waals surface area contributed by atoms with Gasteiger partial charge in [-0.3, -0.25) is 0 Å². The zero-order valence-corrected chi connectivity index (χ0v) is 14.8. The van der Waals surface area contributed by atoms with Gasteiger partial charge in [0, 0.05) is 19.2 Å². The first-order valence-electron chi connectivity index (χ1n) is 7.16. The van der Waals surface area contributed by atoms with E-state index in [1.165, 1.54) is 0 Å². The number of hydrogen-bond acceptors (Lipinski definition) is 6. The molecule has 2 heterocycles. The van der Waals surface area contributed by atoms with Gasteiger partial charge >= 0.3 is 0 Å². The van der Waals surface area contributed by atoms with Gasteiger partial charge in [0.2, 0.25) is 0 Å². The Morgan fingerprint density at radius 2 is 2.09 bits per heavy atom. The van der Waals surface area contributed by atoms with E-state index >= 15 is 0 Å². The fourth-order valence-corrected chi connectivity index (χ4v) is 3.27. The summed E-state index contributed by atoms with van der Waals surface area (Å²) < 4.78 is 23.0. The summed E-state index contributed by atoms with van der Waals surface area (Å²) in [5.74, 6) is 0.724. The van der Waals surface area contributed by atoms with Gasteiger partial charge < -0.3 is 28.2 Å². The van der Waals surface area contributed by atoms with E-state index in [9.17, 15) is 8.28 Å². The lowest BCUT2D eigenvalue weighted by Gasteiger charge is -2.38. The molecule has 1 saturated heterocycles. The predicted molar refractivity (Wildman–Crippen MR) is 93.2 cm³/mol. The van der Waals surface area contributed by atoms with Crippen molar-refractivity contribution in [3.8, 4) is 5.75 Å². The van der Waals surface area contributed by atoms with Gasteiger partial charge in [0.1, 0.15) is 12.4 Å². The van der Waals surface area contributed by atoms with E-state index in [-0.39, 0.29) is 5.54 Å². The molecule has 1 fully saturated rings. The standard InChI is InChI=1S/C14H19IN3O4/c1-14(2)9-22-13-8-11(17-3-5-21-6-4-17)12(18(20)15-19)7-10(13)16-14/h7-8,16H,3-6,9H2,1-2H3/q-1. The van der Waals surface area contributed by atoms with Crippen molar-refractivity contribution in [1.29, 1.82) is 0 Å². The molecule has 22 heavy (non-hydrogen) atoms. The number of benzene rings is 1. The third-order valence-corrected chi connectivity index (χ3v) is 4.62. The van der Waals surface area contributed by atoms with Crippen molar-refractivity contribution >= 4 is 38.5 Å². The molecule has 2 aliphatic rings. The number of nitrogens with one attached hydrogen (secondary N) is 1.